The molecule has 0 aliphatic carbocycles. The molecule has 0 saturated carbocycles. The third-order valence-electron chi connectivity index (χ3n) is 4.90. The van der Waals surface area contributed by atoms with Crippen molar-refractivity contribution in [2.45, 2.75) is 13.8 Å². The third kappa shape index (κ3) is 2.23. The van der Waals surface area contributed by atoms with Crippen molar-refractivity contribution in [3.05, 3.63) is 70.2 Å². The lowest BCUT2D eigenvalue weighted by Crippen LogP contribution is -2.00. The summed E-state index contributed by atoms with van der Waals surface area (Å²) in [5.41, 5.74) is 4.28. The SMILES string of the molecule is Cc1cc(=O)oc2c(C)c(O)c(-c3ccn4c(n3)nc3ccccc34)cc12. The van der Waals surface area contributed by atoms with Gasteiger partial charge in [-0.3, -0.25) is 4.40 Å². The van der Waals surface area contributed by atoms with Gasteiger partial charge in [-0.1, -0.05) is 12.1 Å². The highest BCUT2D eigenvalue weighted by atomic mass is 16.4. The van der Waals surface area contributed by atoms with E-state index >= 15 is 0 Å². The molecule has 1 N–H and O–H groups in total. The maximum Gasteiger partial charge on any atom is 0.336 e. The van der Waals surface area contributed by atoms with Crippen LogP contribution in [0.15, 0.2) is 57.9 Å². The van der Waals surface area contributed by atoms with Crippen LogP contribution in [-0.4, -0.2) is 19.5 Å². The van der Waals surface area contributed by atoms with E-state index in [0.717, 1.165) is 22.0 Å². The molecular weight excluding hydrogens is 342 g/mol. The molecule has 3 heterocycles. The van der Waals surface area contributed by atoms with Gasteiger partial charge in [0.05, 0.1) is 16.7 Å². The molecule has 0 aliphatic rings. The fourth-order valence-corrected chi connectivity index (χ4v) is 3.49. The van der Waals surface area contributed by atoms with Crippen molar-refractivity contribution in [3.8, 4) is 17.0 Å². The third-order valence-corrected chi connectivity index (χ3v) is 4.90. The van der Waals surface area contributed by atoms with E-state index in [1.807, 2.05) is 47.9 Å². The zero-order chi connectivity index (χ0) is 18.7. The smallest absolute Gasteiger partial charge is 0.336 e. The van der Waals surface area contributed by atoms with Gasteiger partial charge in [-0.2, -0.15) is 0 Å². The van der Waals surface area contributed by atoms with Gasteiger partial charge in [0.15, 0.2) is 0 Å². The molecule has 0 spiro atoms. The van der Waals surface area contributed by atoms with Gasteiger partial charge in [0, 0.05) is 28.8 Å². The second-order valence-corrected chi connectivity index (χ2v) is 6.61. The summed E-state index contributed by atoms with van der Waals surface area (Å²) in [7, 11) is 0. The molecule has 27 heavy (non-hydrogen) atoms. The number of phenolic OH excluding ortho intramolecular Hbond substituents is 1. The van der Waals surface area contributed by atoms with E-state index in [1.165, 1.54) is 6.07 Å². The second-order valence-electron chi connectivity index (χ2n) is 6.61. The van der Waals surface area contributed by atoms with Crippen LogP contribution in [0.1, 0.15) is 11.1 Å². The van der Waals surface area contributed by atoms with E-state index in [9.17, 15) is 9.90 Å². The van der Waals surface area contributed by atoms with Gasteiger partial charge in [0.2, 0.25) is 5.78 Å². The number of aromatic hydroxyl groups is 1. The van der Waals surface area contributed by atoms with Crippen molar-refractivity contribution in [1.82, 2.24) is 14.4 Å². The van der Waals surface area contributed by atoms with Crippen molar-refractivity contribution < 1.29 is 9.52 Å². The summed E-state index contributed by atoms with van der Waals surface area (Å²) in [6.45, 7) is 3.57. The Morgan fingerprint density at radius 3 is 2.74 bits per heavy atom. The van der Waals surface area contributed by atoms with Gasteiger partial charge in [-0.25, -0.2) is 14.8 Å². The summed E-state index contributed by atoms with van der Waals surface area (Å²) in [5, 5.41) is 11.5. The predicted molar refractivity (Wildman–Crippen MR) is 103 cm³/mol. The predicted octanol–water partition coefficient (Wildman–Crippen LogP) is 3.98. The molecule has 5 aromatic rings. The Morgan fingerprint density at radius 1 is 1.07 bits per heavy atom. The Hall–Kier alpha value is -3.67. The van der Waals surface area contributed by atoms with Crippen LogP contribution in [0.5, 0.6) is 5.75 Å². The maximum atomic E-state index is 11.7. The van der Waals surface area contributed by atoms with Gasteiger partial charge in [0.25, 0.3) is 0 Å². The first kappa shape index (κ1) is 15.6. The number of benzene rings is 2. The van der Waals surface area contributed by atoms with Crippen LogP contribution >= 0.6 is 0 Å². The Bertz CT molecular complexity index is 1430. The Kier molecular flexibility index (Phi) is 3.12. The highest BCUT2D eigenvalue weighted by Gasteiger charge is 2.17. The number of aryl methyl sites for hydroxylation is 2. The summed E-state index contributed by atoms with van der Waals surface area (Å²) >= 11 is 0. The number of hydrogen-bond donors (Lipinski definition) is 1. The van der Waals surface area contributed by atoms with Gasteiger partial charge in [0.1, 0.15) is 11.3 Å². The van der Waals surface area contributed by atoms with E-state index in [2.05, 4.69) is 9.97 Å². The minimum atomic E-state index is -0.432. The highest BCUT2D eigenvalue weighted by Crippen LogP contribution is 2.37. The standard InChI is InChI=1S/C21H15N3O3/c1-11-9-18(25)27-20-12(2)19(26)14(10-13(11)20)15-7-8-24-17-6-4-3-5-16(17)23-21(24)22-15/h3-10,26H,1-2H3. The van der Waals surface area contributed by atoms with E-state index in [0.29, 0.717) is 28.2 Å². The molecule has 0 saturated heterocycles. The molecule has 132 valence electrons. The first-order chi connectivity index (χ1) is 13.0. The van der Waals surface area contributed by atoms with Gasteiger partial charge in [-0.15, -0.1) is 0 Å². The van der Waals surface area contributed by atoms with E-state index in [-0.39, 0.29) is 5.75 Å². The summed E-state index contributed by atoms with van der Waals surface area (Å²) in [5.74, 6) is 0.603. The minimum Gasteiger partial charge on any atom is -0.507 e. The second kappa shape index (κ2) is 5.41. The van der Waals surface area contributed by atoms with E-state index < -0.39 is 5.63 Å². The molecule has 3 aromatic heterocycles. The topological polar surface area (TPSA) is 80.6 Å². The number of rotatable bonds is 1. The van der Waals surface area contributed by atoms with Crippen LogP contribution in [0, 0.1) is 13.8 Å². The molecule has 0 atom stereocenters. The Balaban J connectivity index is 1.81. The number of hydrogen-bond acceptors (Lipinski definition) is 5. The van der Waals surface area contributed by atoms with Gasteiger partial charge < -0.3 is 9.52 Å². The average molecular weight is 357 g/mol. The van der Waals surface area contributed by atoms with Crippen LogP contribution in [0.2, 0.25) is 0 Å². The van der Waals surface area contributed by atoms with E-state index in [4.69, 9.17) is 4.42 Å². The normalized spacial score (nSPS) is 11.6. The van der Waals surface area contributed by atoms with Crippen molar-refractivity contribution in [1.29, 1.82) is 0 Å². The summed E-state index contributed by atoms with van der Waals surface area (Å²) in [4.78, 5) is 20.9. The molecule has 0 amide bonds. The van der Waals surface area contributed by atoms with Crippen molar-refractivity contribution >= 4 is 27.8 Å². The molecular formula is C21H15N3O3. The number of nitrogens with zero attached hydrogens (tertiary/aromatic N) is 3. The zero-order valence-corrected chi connectivity index (χ0v) is 14.7. The molecule has 0 unspecified atom stereocenters. The van der Waals surface area contributed by atoms with Crippen LogP contribution in [0.4, 0.5) is 0 Å². The van der Waals surface area contributed by atoms with Gasteiger partial charge >= 0.3 is 5.63 Å². The van der Waals surface area contributed by atoms with Gasteiger partial charge in [-0.05, 0) is 43.7 Å². The highest BCUT2D eigenvalue weighted by molar-refractivity contribution is 5.91. The maximum absolute atomic E-state index is 11.7. The van der Waals surface area contributed by atoms with Crippen molar-refractivity contribution in [2.75, 3.05) is 0 Å². The lowest BCUT2D eigenvalue weighted by molar-refractivity contribution is 0.470. The lowest BCUT2D eigenvalue weighted by atomic mass is 10.0. The lowest BCUT2D eigenvalue weighted by Gasteiger charge is -2.11. The Labute approximate surface area is 153 Å². The monoisotopic (exact) mass is 357 g/mol. The minimum absolute atomic E-state index is 0.0456. The average Bonchev–Trinajstić information content (AvgIpc) is 3.02. The van der Waals surface area contributed by atoms with Crippen LogP contribution < -0.4 is 5.63 Å². The Morgan fingerprint density at radius 2 is 1.89 bits per heavy atom. The number of fused-ring (bicyclic) bond motifs is 4. The molecule has 0 aliphatic heterocycles. The molecule has 0 fully saturated rings. The number of imidazole rings is 1. The van der Waals surface area contributed by atoms with Crippen LogP contribution in [0.25, 0.3) is 39.0 Å². The summed E-state index contributed by atoms with van der Waals surface area (Å²) in [6.07, 6.45) is 1.89. The summed E-state index contributed by atoms with van der Waals surface area (Å²) in [6, 6.07) is 12.9. The first-order valence-electron chi connectivity index (χ1n) is 8.54. The largest absolute Gasteiger partial charge is 0.507 e. The zero-order valence-electron chi connectivity index (χ0n) is 14.7. The molecule has 0 radical (unpaired) electrons. The molecule has 6 heteroatoms. The molecule has 5 rings (SSSR count). The van der Waals surface area contributed by atoms with Crippen molar-refractivity contribution in [3.63, 3.8) is 0 Å². The van der Waals surface area contributed by atoms with E-state index in [1.54, 1.807) is 13.0 Å². The molecule has 6 nitrogen and oxygen atoms in total. The van der Waals surface area contributed by atoms with Crippen LogP contribution in [-0.2, 0) is 0 Å². The number of aromatic nitrogens is 3. The first-order valence-corrected chi connectivity index (χ1v) is 8.54. The quantitative estimate of drug-likeness (QED) is 0.459. The van der Waals surface area contributed by atoms with Crippen molar-refractivity contribution in [2.24, 2.45) is 0 Å². The summed E-state index contributed by atoms with van der Waals surface area (Å²) < 4.78 is 7.21. The van der Waals surface area contributed by atoms with Crippen LogP contribution in [0.3, 0.4) is 0 Å². The molecule has 2 aromatic carbocycles. The number of phenols is 1. The molecule has 0 bridgehead atoms. The fraction of sp³-hybridized carbons (Fsp3) is 0.0952. The fourth-order valence-electron chi connectivity index (χ4n) is 3.49. The number of para-hydroxylation sites is 2.